The van der Waals surface area contributed by atoms with E-state index >= 15 is 0 Å². The summed E-state index contributed by atoms with van der Waals surface area (Å²) >= 11 is 0. The average molecular weight is 367 g/mol. The molecule has 0 atom stereocenters. The van der Waals surface area contributed by atoms with E-state index in [9.17, 15) is 9.59 Å². The molecule has 1 aliphatic heterocycles. The molecule has 6 nitrogen and oxygen atoms in total. The maximum absolute atomic E-state index is 12.4. The molecule has 3 rings (SSSR count). The van der Waals surface area contributed by atoms with Gasteiger partial charge in [-0.15, -0.1) is 5.06 Å². The summed E-state index contributed by atoms with van der Waals surface area (Å²) in [7, 11) is 0. The number of hydrogen-bond donors (Lipinski definition) is 0. The van der Waals surface area contributed by atoms with Gasteiger partial charge in [-0.05, 0) is 45.7 Å². The summed E-state index contributed by atoms with van der Waals surface area (Å²) in [6.07, 6.45) is 2.78. The molecule has 1 aromatic carbocycles. The van der Waals surface area contributed by atoms with E-state index in [1.807, 2.05) is 57.2 Å². The SMILES string of the molecule is CC(C)(C)C(=O)ON1CCC(C(=O)N=Cc2ccc3ccccc3n2)CC1. The highest BCUT2D eigenvalue weighted by molar-refractivity contribution is 5.93. The van der Waals surface area contributed by atoms with Gasteiger partial charge in [0.25, 0.3) is 0 Å². The van der Waals surface area contributed by atoms with Crippen LogP contribution in [0.15, 0.2) is 41.4 Å². The van der Waals surface area contributed by atoms with Gasteiger partial charge in [0.15, 0.2) is 0 Å². The number of para-hydroxylation sites is 1. The van der Waals surface area contributed by atoms with E-state index in [-0.39, 0.29) is 17.8 Å². The molecule has 2 heterocycles. The van der Waals surface area contributed by atoms with Gasteiger partial charge in [-0.2, -0.15) is 0 Å². The van der Waals surface area contributed by atoms with Crippen LogP contribution in [-0.2, 0) is 14.4 Å². The quantitative estimate of drug-likeness (QED) is 0.778. The van der Waals surface area contributed by atoms with Gasteiger partial charge in [-0.25, -0.2) is 14.8 Å². The highest BCUT2D eigenvalue weighted by Gasteiger charge is 2.30. The second-order valence-electron chi connectivity index (χ2n) is 7.86. The number of aromatic nitrogens is 1. The van der Waals surface area contributed by atoms with Crippen LogP contribution in [0.4, 0.5) is 0 Å². The van der Waals surface area contributed by atoms with Crippen molar-refractivity contribution in [2.24, 2.45) is 16.3 Å². The topological polar surface area (TPSA) is 71.9 Å². The monoisotopic (exact) mass is 367 g/mol. The molecular weight excluding hydrogens is 342 g/mol. The van der Waals surface area contributed by atoms with E-state index in [0.717, 1.165) is 10.9 Å². The second kappa shape index (κ2) is 7.96. The number of rotatable bonds is 3. The second-order valence-corrected chi connectivity index (χ2v) is 7.86. The maximum atomic E-state index is 12.4. The Bertz CT molecular complexity index is 862. The Hall–Kier alpha value is -2.60. The van der Waals surface area contributed by atoms with Gasteiger partial charge in [0, 0.05) is 24.4 Å². The number of pyridine rings is 1. The lowest BCUT2D eigenvalue weighted by Gasteiger charge is -2.30. The third-order valence-corrected chi connectivity index (χ3v) is 4.57. The Balaban J connectivity index is 1.54. The lowest BCUT2D eigenvalue weighted by atomic mass is 9.96. The van der Waals surface area contributed by atoms with Crippen LogP contribution in [0.25, 0.3) is 10.9 Å². The summed E-state index contributed by atoms with van der Waals surface area (Å²) < 4.78 is 0. The molecule has 1 aliphatic rings. The smallest absolute Gasteiger partial charge is 0.330 e. The maximum Gasteiger partial charge on any atom is 0.330 e. The Labute approximate surface area is 159 Å². The summed E-state index contributed by atoms with van der Waals surface area (Å²) in [6, 6.07) is 11.6. The van der Waals surface area contributed by atoms with Crippen molar-refractivity contribution in [2.45, 2.75) is 33.6 Å². The third-order valence-electron chi connectivity index (χ3n) is 4.57. The minimum absolute atomic E-state index is 0.147. The van der Waals surface area contributed by atoms with Crippen molar-refractivity contribution in [1.29, 1.82) is 0 Å². The van der Waals surface area contributed by atoms with Crippen molar-refractivity contribution in [3.05, 3.63) is 42.1 Å². The molecule has 1 aromatic heterocycles. The fourth-order valence-corrected chi connectivity index (χ4v) is 2.84. The van der Waals surface area contributed by atoms with Crippen LogP contribution in [0.3, 0.4) is 0 Å². The molecule has 2 aromatic rings. The molecule has 0 unspecified atom stereocenters. The average Bonchev–Trinajstić information content (AvgIpc) is 2.65. The van der Waals surface area contributed by atoms with Crippen LogP contribution < -0.4 is 0 Å². The highest BCUT2D eigenvalue weighted by atomic mass is 16.7. The molecule has 1 amide bonds. The predicted octanol–water partition coefficient (Wildman–Crippen LogP) is 3.40. The molecule has 0 N–H and O–H groups in total. The summed E-state index contributed by atoms with van der Waals surface area (Å²) in [5.74, 6) is -0.550. The molecule has 6 heteroatoms. The van der Waals surface area contributed by atoms with Crippen molar-refractivity contribution in [3.8, 4) is 0 Å². The lowest BCUT2D eigenvalue weighted by molar-refractivity contribution is -0.205. The molecule has 1 saturated heterocycles. The van der Waals surface area contributed by atoms with Crippen LogP contribution >= 0.6 is 0 Å². The first kappa shape index (κ1) is 19.2. The fourth-order valence-electron chi connectivity index (χ4n) is 2.84. The Morgan fingerprint density at radius 1 is 1.15 bits per heavy atom. The van der Waals surface area contributed by atoms with E-state index in [4.69, 9.17) is 4.84 Å². The van der Waals surface area contributed by atoms with Gasteiger partial charge in [-0.1, -0.05) is 24.3 Å². The highest BCUT2D eigenvalue weighted by Crippen LogP contribution is 2.22. The van der Waals surface area contributed by atoms with Crippen molar-refractivity contribution < 1.29 is 14.4 Å². The Morgan fingerprint density at radius 2 is 1.85 bits per heavy atom. The van der Waals surface area contributed by atoms with E-state index < -0.39 is 5.41 Å². The van der Waals surface area contributed by atoms with Crippen molar-refractivity contribution >= 4 is 29.0 Å². The number of carbonyl (C=O) groups is 2. The lowest BCUT2D eigenvalue weighted by Crippen LogP contribution is -2.40. The van der Waals surface area contributed by atoms with E-state index in [0.29, 0.717) is 31.6 Å². The summed E-state index contributed by atoms with van der Waals surface area (Å²) in [5.41, 5.74) is 1.01. The molecule has 27 heavy (non-hydrogen) atoms. The number of aliphatic imine (C=N–C) groups is 1. The standard InChI is InChI=1S/C21H25N3O3/c1-21(2,3)20(26)27-24-12-10-16(11-13-24)19(25)22-14-17-9-8-15-6-4-5-7-18(15)23-17/h4-9,14,16H,10-13H2,1-3H3. The Kier molecular flexibility index (Phi) is 5.65. The number of piperidine rings is 1. The first-order valence-corrected chi connectivity index (χ1v) is 9.24. The normalized spacial score (nSPS) is 16.7. The van der Waals surface area contributed by atoms with Crippen molar-refractivity contribution in [2.75, 3.05) is 13.1 Å². The molecule has 0 saturated carbocycles. The van der Waals surface area contributed by atoms with Crippen LogP contribution in [0, 0.1) is 11.3 Å². The van der Waals surface area contributed by atoms with E-state index in [1.54, 1.807) is 5.06 Å². The molecule has 0 aliphatic carbocycles. The molecule has 0 radical (unpaired) electrons. The summed E-state index contributed by atoms with van der Waals surface area (Å²) in [5, 5.41) is 2.70. The first-order chi connectivity index (χ1) is 12.8. The van der Waals surface area contributed by atoms with Gasteiger partial charge >= 0.3 is 5.97 Å². The number of hydrogen-bond acceptors (Lipinski definition) is 5. The minimum Gasteiger partial charge on any atom is -0.367 e. The van der Waals surface area contributed by atoms with Gasteiger partial charge in [0.05, 0.1) is 22.8 Å². The number of nitrogens with zero attached hydrogens (tertiary/aromatic N) is 3. The third kappa shape index (κ3) is 4.98. The number of carbonyl (C=O) groups excluding carboxylic acids is 2. The van der Waals surface area contributed by atoms with E-state index in [2.05, 4.69) is 9.98 Å². The minimum atomic E-state index is -0.538. The van der Waals surface area contributed by atoms with E-state index in [1.165, 1.54) is 6.21 Å². The van der Waals surface area contributed by atoms with Crippen LogP contribution in [-0.4, -0.2) is 41.2 Å². The zero-order valence-corrected chi connectivity index (χ0v) is 16.0. The van der Waals surface area contributed by atoms with Gasteiger partial charge in [0.2, 0.25) is 5.91 Å². The van der Waals surface area contributed by atoms with Crippen molar-refractivity contribution in [1.82, 2.24) is 10.0 Å². The molecule has 0 bridgehead atoms. The number of benzene rings is 1. The predicted molar refractivity (Wildman–Crippen MR) is 104 cm³/mol. The zero-order chi connectivity index (χ0) is 19.4. The molecular formula is C21H25N3O3. The molecule has 1 fully saturated rings. The largest absolute Gasteiger partial charge is 0.367 e. The number of hydroxylamine groups is 2. The van der Waals surface area contributed by atoms with Gasteiger partial charge in [0.1, 0.15) is 0 Å². The number of fused-ring (bicyclic) bond motifs is 1. The van der Waals surface area contributed by atoms with Crippen LogP contribution in [0.1, 0.15) is 39.3 Å². The van der Waals surface area contributed by atoms with Crippen LogP contribution in [0.2, 0.25) is 0 Å². The van der Waals surface area contributed by atoms with Crippen LogP contribution in [0.5, 0.6) is 0 Å². The molecule has 0 spiro atoms. The summed E-state index contributed by atoms with van der Waals surface area (Å²) in [6.45, 7) is 6.55. The van der Waals surface area contributed by atoms with Gasteiger partial charge in [-0.3, -0.25) is 4.79 Å². The Morgan fingerprint density at radius 3 is 2.56 bits per heavy atom. The first-order valence-electron chi connectivity index (χ1n) is 9.24. The van der Waals surface area contributed by atoms with Gasteiger partial charge < -0.3 is 4.84 Å². The van der Waals surface area contributed by atoms with Crippen molar-refractivity contribution in [3.63, 3.8) is 0 Å². The zero-order valence-electron chi connectivity index (χ0n) is 16.0. The fraction of sp³-hybridized carbons (Fsp3) is 0.429. The summed E-state index contributed by atoms with van der Waals surface area (Å²) in [4.78, 5) is 38.3. The molecule has 142 valence electrons. The number of amides is 1.